The summed E-state index contributed by atoms with van der Waals surface area (Å²) in [6.45, 7) is 2.68. The van der Waals surface area contributed by atoms with Crippen molar-refractivity contribution in [1.82, 2.24) is 5.32 Å². The average molecular weight is 395 g/mol. The molecule has 29 heavy (non-hydrogen) atoms. The monoisotopic (exact) mass is 395 g/mol. The molecule has 1 unspecified atom stereocenters. The Balaban J connectivity index is 1.44. The molecule has 0 radical (unpaired) electrons. The standard InChI is InChI=1S/C23H25NO5/c1-15(23(21(25)26)10-12-28-13-11-23)24-22(27)29-14-20-18-8-4-2-6-16(18)17-7-3-5-9-19(17)20/h2-9,15,20H,10-14H2,1H3,(H,24,27)(H,25,26). The first-order valence-corrected chi connectivity index (χ1v) is 9.95. The fraction of sp³-hybridized carbons (Fsp3) is 0.391. The highest BCUT2D eigenvalue weighted by Crippen LogP contribution is 2.44. The van der Waals surface area contributed by atoms with Crippen LogP contribution in [0.4, 0.5) is 4.79 Å². The van der Waals surface area contributed by atoms with Crippen molar-refractivity contribution >= 4 is 12.1 Å². The first-order chi connectivity index (χ1) is 14.0. The van der Waals surface area contributed by atoms with E-state index in [1.807, 2.05) is 24.3 Å². The Morgan fingerprint density at radius 2 is 1.66 bits per heavy atom. The van der Waals surface area contributed by atoms with Gasteiger partial charge in [-0.25, -0.2) is 4.79 Å². The van der Waals surface area contributed by atoms with E-state index < -0.39 is 23.5 Å². The highest BCUT2D eigenvalue weighted by molar-refractivity contribution is 5.79. The number of benzene rings is 2. The molecule has 6 heteroatoms. The van der Waals surface area contributed by atoms with E-state index in [9.17, 15) is 14.7 Å². The molecule has 1 aliphatic heterocycles. The third kappa shape index (κ3) is 3.49. The molecule has 2 aliphatic rings. The van der Waals surface area contributed by atoms with Crippen molar-refractivity contribution in [3.63, 3.8) is 0 Å². The maximum atomic E-state index is 12.5. The largest absolute Gasteiger partial charge is 0.481 e. The van der Waals surface area contributed by atoms with Crippen LogP contribution in [-0.2, 0) is 14.3 Å². The van der Waals surface area contributed by atoms with Gasteiger partial charge in [0.25, 0.3) is 0 Å². The van der Waals surface area contributed by atoms with E-state index >= 15 is 0 Å². The Kier molecular flexibility index (Phi) is 5.28. The number of carboxylic acids is 1. The summed E-state index contributed by atoms with van der Waals surface area (Å²) < 4.78 is 10.9. The van der Waals surface area contributed by atoms with E-state index in [0.29, 0.717) is 26.1 Å². The van der Waals surface area contributed by atoms with Gasteiger partial charge >= 0.3 is 12.1 Å². The fourth-order valence-corrected chi connectivity index (χ4v) is 4.52. The van der Waals surface area contributed by atoms with Crippen molar-refractivity contribution in [1.29, 1.82) is 0 Å². The van der Waals surface area contributed by atoms with E-state index in [2.05, 4.69) is 29.6 Å². The summed E-state index contributed by atoms with van der Waals surface area (Å²) in [5.74, 6) is -0.938. The van der Waals surface area contributed by atoms with Gasteiger partial charge in [-0.05, 0) is 42.0 Å². The van der Waals surface area contributed by atoms with Gasteiger partial charge in [0.1, 0.15) is 6.61 Å². The minimum Gasteiger partial charge on any atom is -0.481 e. The summed E-state index contributed by atoms with van der Waals surface area (Å²) in [7, 11) is 0. The zero-order valence-electron chi connectivity index (χ0n) is 16.4. The smallest absolute Gasteiger partial charge is 0.407 e. The lowest BCUT2D eigenvalue weighted by atomic mass is 9.74. The molecule has 1 heterocycles. The van der Waals surface area contributed by atoms with Crippen molar-refractivity contribution in [2.45, 2.75) is 31.7 Å². The highest BCUT2D eigenvalue weighted by Gasteiger charge is 2.46. The van der Waals surface area contributed by atoms with E-state index in [0.717, 1.165) is 22.3 Å². The van der Waals surface area contributed by atoms with Crippen molar-refractivity contribution in [3.05, 3.63) is 59.7 Å². The molecule has 2 aromatic rings. The van der Waals surface area contributed by atoms with Crippen LogP contribution < -0.4 is 5.32 Å². The molecule has 152 valence electrons. The van der Waals surface area contributed by atoms with Crippen LogP contribution in [0, 0.1) is 5.41 Å². The zero-order chi connectivity index (χ0) is 20.4. The van der Waals surface area contributed by atoms with Gasteiger partial charge in [-0.2, -0.15) is 0 Å². The number of alkyl carbamates (subject to hydrolysis) is 1. The second kappa shape index (κ2) is 7.87. The van der Waals surface area contributed by atoms with Crippen LogP contribution in [0.15, 0.2) is 48.5 Å². The molecule has 1 atom stereocenters. The predicted octanol–water partition coefficient (Wildman–Crippen LogP) is 3.80. The Labute approximate surface area is 169 Å². The van der Waals surface area contributed by atoms with Gasteiger partial charge in [-0.3, -0.25) is 4.79 Å². The van der Waals surface area contributed by atoms with Crippen LogP contribution in [0.5, 0.6) is 0 Å². The van der Waals surface area contributed by atoms with Crippen LogP contribution in [0.3, 0.4) is 0 Å². The van der Waals surface area contributed by atoms with E-state index in [4.69, 9.17) is 9.47 Å². The second-order valence-electron chi connectivity index (χ2n) is 7.77. The minimum absolute atomic E-state index is 0.0278. The maximum absolute atomic E-state index is 12.5. The normalized spacial score (nSPS) is 18.4. The number of carbonyl (C=O) groups is 2. The van der Waals surface area contributed by atoms with E-state index in [1.165, 1.54) is 0 Å². The van der Waals surface area contributed by atoms with Crippen molar-refractivity contribution in [2.24, 2.45) is 5.41 Å². The molecule has 2 aromatic carbocycles. The molecular weight excluding hydrogens is 370 g/mol. The van der Waals surface area contributed by atoms with Gasteiger partial charge in [0, 0.05) is 25.2 Å². The minimum atomic E-state index is -1.02. The summed E-state index contributed by atoms with van der Waals surface area (Å²) in [6.07, 6.45) is 0.145. The number of carbonyl (C=O) groups excluding carboxylic acids is 1. The summed E-state index contributed by atoms with van der Waals surface area (Å²) in [4.78, 5) is 24.4. The zero-order valence-corrected chi connectivity index (χ0v) is 16.4. The topological polar surface area (TPSA) is 84.9 Å². The Morgan fingerprint density at radius 3 is 2.21 bits per heavy atom. The van der Waals surface area contributed by atoms with Gasteiger partial charge in [0.05, 0.1) is 5.41 Å². The molecule has 1 saturated heterocycles. The molecule has 4 rings (SSSR count). The predicted molar refractivity (Wildman–Crippen MR) is 108 cm³/mol. The lowest BCUT2D eigenvalue weighted by Crippen LogP contribution is -2.53. The van der Waals surface area contributed by atoms with Gasteiger partial charge < -0.3 is 19.9 Å². The molecule has 0 spiro atoms. The molecule has 0 bridgehead atoms. The number of hydrogen-bond acceptors (Lipinski definition) is 4. The number of nitrogens with one attached hydrogen (secondary N) is 1. The van der Waals surface area contributed by atoms with Crippen LogP contribution in [0.1, 0.15) is 36.8 Å². The number of hydrogen-bond donors (Lipinski definition) is 2. The first-order valence-electron chi connectivity index (χ1n) is 9.95. The first kappa shape index (κ1) is 19.5. The third-order valence-corrected chi connectivity index (χ3v) is 6.32. The molecule has 1 fully saturated rings. The van der Waals surface area contributed by atoms with Crippen LogP contribution in [-0.4, -0.2) is 43.0 Å². The number of ether oxygens (including phenoxy) is 2. The van der Waals surface area contributed by atoms with E-state index in [1.54, 1.807) is 6.92 Å². The van der Waals surface area contributed by atoms with Crippen molar-refractivity contribution < 1.29 is 24.2 Å². The second-order valence-corrected chi connectivity index (χ2v) is 7.77. The molecule has 1 aliphatic carbocycles. The average Bonchev–Trinajstić information content (AvgIpc) is 3.06. The maximum Gasteiger partial charge on any atom is 0.407 e. The molecule has 0 aromatic heterocycles. The molecule has 6 nitrogen and oxygen atoms in total. The van der Waals surface area contributed by atoms with Crippen LogP contribution >= 0.6 is 0 Å². The number of aliphatic carboxylic acids is 1. The Hall–Kier alpha value is -2.86. The fourth-order valence-electron chi connectivity index (χ4n) is 4.52. The van der Waals surface area contributed by atoms with Gasteiger partial charge in [0.2, 0.25) is 0 Å². The summed E-state index contributed by atoms with van der Waals surface area (Å²) in [5, 5.41) is 12.5. The quantitative estimate of drug-likeness (QED) is 0.805. The molecular formula is C23H25NO5. The SMILES string of the molecule is CC(NC(=O)OCC1c2ccccc2-c2ccccc21)C1(C(=O)O)CCOCC1. The lowest BCUT2D eigenvalue weighted by Gasteiger charge is -2.38. The molecule has 0 saturated carbocycles. The highest BCUT2D eigenvalue weighted by atomic mass is 16.5. The molecule has 1 amide bonds. The van der Waals surface area contributed by atoms with Gasteiger partial charge in [-0.15, -0.1) is 0 Å². The summed E-state index contributed by atoms with van der Waals surface area (Å²) in [6, 6.07) is 15.7. The Morgan fingerprint density at radius 1 is 1.10 bits per heavy atom. The lowest BCUT2D eigenvalue weighted by molar-refractivity contribution is -0.157. The summed E-state index contributed by atoms with van der Waals surface area (Å²) >= 11 is 0. The third-order valence-electron chi connectivity index (χ3n) is 6.32. The van der Waals surface area contributed by atoms with E-state index in [-0.39, 0.29) is 12.5 Å². The summed E-state index contributed by atoms with van der Waals surface area (Å²) in [5.41, 5.74) is 3.58. The van der Waals surface area contributed by atoms with Crippen molar-refractivity contribution in [3.8, 4) is 11.1 Å². The van der Waals surface area contributed by atoms with Gasteiger partial charge in [0.15, 0.2) is 0 Å². The van der Waals surface area contributed by atoms with Gasteiger partial charge in [-0.1, -0.05) is 48.5 Å². The Bertz CT molecular complexity index is 873. The van der Waals surface area contributed by atoms with Crippen LogP contribution in [0.2, 0.25) is 0 Å². The number of rotatable bonds is 5. The van der Waals surface area contributed by atoms with Crippen LogP contribution in [0.25, 0.3) is 11.1 Å². The molecule has 2 N–H and O–H groups in total. The number of amides is 1. The number of carboxylic acid groups (broad SMARTS) is 1. The number of fused-ring (bicyclic) bond motifs is 3. The van der Waals surface area contributed by atoms with Crippen molar-refractivity contribution in [2.75, 3.05) is 19.8 Å².